The molecule has 0 radical (unpaired) electrons. The number of carbonyl (C=O) groups excluding carboxylic acids is 1. The molecule has 0 amide bonds. The van der Waals surface area contributed by atoms with Gasteiger partial charge in [-0.15, -0.1) is 0 Å². The molecule has 2 aromatic carbocycles. The second kappa shape index (κ2) is 9.71. The summed E-state index contributed by atoms with van der Waals surface area (Å²) in [6.07, 6.45) is 0. The molecular formula is C24H21ClN4O4S. The molecule has 0 unspecified atom stereocenters. The van der Waals surface area contributed by atoms with E-state index in [-0.39, 0.29) is 22.9 Å². The van der Waals surface area contributed by atoms with Crippen molar-refractivity contribution in [3.63, 3.8) is 0 Å². The number of hydrogen-bond donors (Lipinski definition) is 1. The molecule has 1 atom stereocenters. The number of esters is 1. The number of aliphatic imine (C=N–C) groups is 1. The molecule has 0 saturated heterocycles. The lowest BCUT2D eigenvalue weighted by Crippen LogP contribution is -2.38. The van der Waals surface area contributed by atoms with Crippen LogP contribution in [0.15, 0.2) is 63.8 Å². The summed E-state index contributed by atoms with van der Waals surface area (Å²) in [5.41, 5.74) is 8.39. The summed E-state index contributed by atoms with van der Waals surface area (Å²) in [6, 6.07) is 14.0. The largest absolute Gasteiger partial charge is 0.493 e. The number of nitrogens with two attached hydrogens (primary N) is 1. The van der Waals surface area contributed by atoms with Crippen molar-refractivity contribution in [1.82, 2.24) is 4.90 Å². The lowest BCUT2D eigenvalue weighted by molar-refractivity contribution is -0.139. The molecule has 0 aromatic heterocycles. The Bertz CT molecular complexity index is 1280. The maximum Gasteiger partial charge on any atom is 0.338 e. The summed E-state index contributed by atoms with van der Waals surface area (Å²) >= 11 is 7.67. The predicted octanol–water partition coefficient (Wildman–Crippen LogP) is 4.44. The number of halogens is 1. The van der Waals surface area contributed by atoms with Crippen LogP contribution in [-0.4, -0.2) is 36.9 Å². The first-order valence-electron chi connectivity index (χ1n) is 10.3. The lowest BCUT2D eigenvalue weighted by Gasteiger charge is -2.35. The van der Waals surface area contributed by atoms with Gasteiger partial charge in [0.05, 0.1) is 43.2 Å². The van der Waals surface area contributed by atoms with Crippen LogP contribution in [0.25, 0.3) is 5.70 Å². The molecule has 4 rings (SSSR count). The highest BCUT2D eigenvalue weighted by atomic mass is 35.5. The van der Waals surface area contributed by atoms with Gasteiger partial charge >= 0.3 is 5.97 Å². The van der Waals surface area contributed by atoms with Gasteiger partial charge in [0.1, 0.15) is 16.8 Å². The molecule has 2 aliphatic rings. The third-order valence-electron chi connectivity index (χ3n) is 5.30. The molecule has 2 N–H and O–H groups in total. The third kappa shape index (κ3) is 3.95. The van der Waals surface area contributed by atoms with Crippen molar-refractivity contribution in [1.29, 1.82) is 5.26 Å². The SMILES string of the molecule is CCOC(=O)C1=C(c2ccccc2)N=C2SC(C#N)=C(N)N2[C@@H]1c1cc(Cl)c(OC)c(OC)c1. The zero-order chi connectivity index (χ0) is 24.4. The number of fused-ring (bicyclic) bond motifs is 1. The molecule has 0 spiro atoms. The highest BCUT2D eigenvalue weighted by molar-refractivity contribution is 8.17. The van der Waals surface area contributed by atoms with E-state index in [1.165, 1.54) is 14.2 Å². The molecule has 2 aliphatic heterocycles. The van der Waals surface area contributed by atoms with E-state index >= 15 is 0 Å². The zero-order valence-corrected chi connectivity index (χ0v) is 20.2. The van der Waals surface area contributed by atoms with Gasteiger partial charge < -0.3 is 19.9 Å². The van der Waals surface area contributed by atoms with Gasteiger partial charge in [0.2, 0.25) is 0 Å². The van der Waals surface area contributed by atoms with Crippen molar-refractivity contribution < 1.29 is 19.0 Å². The summed E-state index contributed by atoms with van der Waals surface area (Å²) in [4.78, 5) is 20.1. The van der Waals surface area contributed by atoms with Crippen LogP contribution >= 0.6 is 23.4 Å². The van der Waals surface area contributed by atoms with Gasteiger partial charge in [-0.1, -0.05) is 41.9 Å². The second-order valence-corrected chi connectivity index (χ2v) is 8.57. The number of carbonyl (C=O) groups is 1. The average Bonchev–Trinajstić information content (AvgIpc) is 3.18. The Labute approximate surface area is 206 Å². The fourth-order valence-electron chi connectivity index (χ4n) is 3.87. The maximum absolute atomic E-state index is 13.4. The molecule has 0 fully saturated rings. The topological polar surface area (TPSA) is 110 Å². The standard InChI is InChI=1S/C24H21ClN4O4S/c1-4-33-23(30)18-19(13-8-6-5-7-9-13)28-24-29(22(27)17(12-26)34-24)20(18)14-10-15(25)21(32-3)16(11-14)31-2/h5-11,20H,4,27H2,1-3H3/t20-/m1/s1. The van der Waals surface area contributed by atoms with Crippen LogP contribution in [0.1, 0.15) is 24.1 Å². The smallest absolute Gasteiger partial charge is 0.338 e. The maximum atomic E-state index is 13.4. The van der Waals surface area contributed by atoms with Crippen molar-refractivity contribution in [2.75, 3.05) is 20.8 Å². The van der Waals surface area contributed by atoms with Crippen molar-refractivity contribution in [2.45, 2.75) is 13.0 Å². The van der Waals surface area contributed by atoms with Crippen LogP contribution in [0.3, 0.4) is 0 Å². The average molecular weight is 497 g/mol. The fraction of sp³-hybridized carbons (Fsp3) is 0.208. The number of nitrogens with zero attached hydrogens (tertiary/aromatic N) is 3. The van der Waals surface area contributed by atoms with Crippen molar-refractivity contribution in [2.24, 2.45) is 10.7 Å². The van der Waals surface area contributed by atoms with E-state index in [0.29, 0.717) is 32.9 Å². The molecule has 174 valence electrons. The Kier molecular flexibility index (Phi) is 6.72. The van der Waals surface area contributed by atoms with Crippen LogP contribution in [0.4, 0.5) is 0 Å². The first-order valence-corrected chi connectivity index (χ1v) is 11.5. The first-order chi connectivity index (χ1) is 16.4. The van der Waals surface area contributed by atoms with Crippen LogP contribution in [-0.2, 0) is 9.53 Å². The Balaban J connectivity index is 2.04. The molecule has 0 aliphatic carbocycles. The van der Waals surface area contributed by atoms with Crippen LogP contribution < -0.4 is 15.2 Å². The number of thioether (sulfide) groups is 1. The van der Waals surface area contributed by atoms with Gasteiger partial charge in [-0.05, 0) is 36.4 Å². The van der Waals surface area contributed by atoms with Gasteiger partial charge in [-0.25, -0.2) is 9.79 Å². The fourth-order valence-corrected chi connectivity index (χ4v) is 5.04. The minimum atomic E-state index is -0.780. The summed E-state index contributed by atoms with van der Waals surface area (Å²) in [6.45, 7) is 1.90. The number of benzene rings is 2. The first kappa shape index (κ1) is 23.5. The van der Waals surface area contributed by atoms with Crippen LogP contribution in [0.2, 0.25) is 5.02 Å². The minimum Gasteiger partial charge on any atom is -0.493 e. The van der Waals surface area contributed by atoms with E-state index in [9.17, 15) is 10.1 Å². The Morgan fingerprint density at radius 2 is 2.00 bits per heavy atom. The monoisotopic (exact) mass is 496 g/mol. The normalized spacial score (nSPS) is 17.2. The molecular weight excluding hydrogens is 476 g/mol. The Morgan fingerprint density at radius 3 is 2.62 bits per heavy atom. The molecule has 8 nitrogen and oxygen atoms in total. The van der Waals surface area contributed by atoms with Crippen molar-refractivity contribution in [3.05, 3.63) is 74.9 Å². The molecule has 10 heteroatoms. The van der Waals surface area contributed by atoms with E-state index in [2.05, 4.69) is 6.07 Å². The summed E-state index contributed by atoms with van der Waals surface area (Å²) < 4.78 is 16.3. The Hall–Kier alpha value is -3.61. The highest BCUT2D eigenvalue weighted by Crippen LogP contribution is 2.49. The number of hydrogen-bond acceptors (Lipinski definition) is 9. The number of nitriles is 1. The molecule has 2 heterocycles. The lowest BCUT2D eigenvalue weighted by atomic mass is 9.91. The van der Waals surface area contributed by atoms with Crippen molar-refractivity contribution >= 4 is 40.2 Å². The molecule has 0 saturated carbocycles. The number of methoxy groups -OCH3 is 2. The molecule has 0 bridgehead atoms. The van der Waals surface area contributed by atoms with E-state index in [0.717, 1.165) is 17.3 Å². The van der Waals surface area contributed by atoms with E-state index in [4.69, 9.17) is 36.5 Å². The van der Waals surface area contributed by atoms with Crippen molar-refractivity contribution in [3.8, 4) is 17.6 Å². The van der Waals surface area contributed by atoms with Gasteiger partial charge in [-0.3, -0.25) is 4.90 Å². The van der Waals surface area contributed by atoms with E-state index in [1.54, 1.807) is 24.0 Å². The second-order valence-electron chi connectivity index (χ2n) is 7.18. The van der Waals surface area contributed by atoms with Crippen LogP contribution in [0.5, 0.6) is 11.5 Å². The minimum absolute atomic E-state index is 0.171. The van der Waals surface area contributed by atoms with Gasteiger partial charge in [0, 0.05) is 5.56 Å². The number of ether oxygens (including phenoxy) is 3. The highest BCUT2D eigenvalue weighted by Gasteiger charge is 2.44. The number of rotatable bonds is 6. The van der Waals surface area contributed by atoms with Gasteiger partial charge in [0.15, 0.2) is 16.7 Å². The third-order valence-corrected chi connectivity index (χ3v) is 6.56. The van der Waals surface area contributed by atoms with Gasteiger partial charge in [-0.2, -0.15) is 5.26 Å². The van der Waals surface area contributed by atoms with Gasteiger partial charge in [0.25, 0.3) is 0 Å². The zero-order valence-electron chi connectivity index (χ0n) is 18.7. The summed E-state index contributed by atoms with van der Waals surface area (Å²) in [7, 11) is 2.99. The number of allylic oxidation sites excluding steroid dienone is 1. The predicted molar refractivity (Wildman–Crippen MR) is 131 cm³/mol. The van der Waals surface area contributed by atoms with Crippen LogP contribution in [0, 0.1) is 11.3 Å². The van der Waals surface area contributed by atoms with E-state index in [1.807, 2.05) is 30.3 Å². The quantitative estimate of drug-likeness (QED) is 0.584. The number of amidine groups is 1. The Morgan fingerprint density at radius 1 is 1.26 bits per heavy atom. The molecule has 34 heavy (non-hydrogen) atoms. The van der Waals surface area contributed by atoms with E-state index < -0.39 is 12.0 Å². The summed E-state index contributed by atoms with van der Waals surface area (Å²) in [5.74, 6) is 0.382. The summed E-state index contributed by atoms with van der Waals surface area (Å²) in [5, 5.41) is 10.4. The molecule has 2 aromatic rings.